The molecule has 0 unspecified atom stereocenters. The lowest BCUT2D eigenvalue weighted by Crippen LogP contribution is -2.42. The summed E-state index contributed by atoms with van der Waals surface area (Å²) in [6.07, 6.45) is 4.79. The Kier molecular flexibility index (Phi) is 4.35. The summed E-state index contributed by atoms with van der Waals surface area (Å²) in [5, 5.41) is 29.4. The number of rotatable bonds is 1. The van der Waals surface area contributed by atoms with Crippen molar-refractivity contribution >= 4 is 22.6 Å². The highest BCUT2D eigenvalue weighted by molar-refractivity contribution is 14.1. The smallest absolute Gasteiger partial charge is 0.191 e. The second-order valence-electron chi connectivity index (χ2n) is 6.16. The van der Waals surface area contributed by atoms with Crippen LogP contribution in [0.25, 0.3) is 0 Å². The zero-order valence-electron chi connectivity index (χ0n) is 13.0. The third kappa shape index (κ3) is 2.30. The average molecular weight is 426 g/mol. The van der Waals surface area contributed by atoms with Crippen LogP contribution in [0.3, 0.4) is 0 Å². The minimum atomic E-state index is -1.51. The Morgan fingerprint density at radius 2 is 1.96 bits per heavy atom. The summed E-state index contributed by atoms with van der Waals surface area (Å²) in [6.45, 7) is 0. The molecule has 0 heterocycles. The molecule has 4 nitrogen and oxygen atoms in total. The lowest BCUT2D eigenvalue weighted by molar-refractivity contribution is 0.317. The van der Waals surface area contributed by atoms with E-state index in [1.54, 1.807) is 0 Å². The van der Waals surface area contributed by atoms with E-state index in [-0.39, 0.29) is 17.5 Å². The zero-order chi connectivity index (χ0) is 17.3. The van der Waals surface area contributed by atoms with Gasteiger partial charge in [-0.25, -0.2) is 0 Å². The van der Waals surface area contributed by atoms with Crippen molar-refractivity contribution in [1.82, 2.24) is 0 Å². The first kappa shape index (κ1) is 16.6. The molecule has 0 amide bonds. The second-order valence-corrected chi connectivity index (χ2v) is 7.41. The van der Waals surface area contributed by atoms with Crippen LogP contribution in [0.5, 0.6) is 0 Å². The minimum Gasteiger partial charge on any atom is -0.399 e. The molecule has 5 heteroatoms. The van der Waals surface area contributed by atoms with E-state index in [2.05, 4.69) is 46.9 Å². The van der Waals surface area contributed by atoms with Gasteiger partial charge in [0.2, 0.25) is 0 Å². The van der Waals surface area contributed by atoms with Crippen LogP contribution in [0.1, 0.15) is 30.7 Å². The fraction of sp³-hybridized carbons (Fsp3) is 0.316. The molecule has 2 aliphatic carbocycles. The molecule has 1 aromatic rings. The van der Waals surface area contributed by atoms with Gasteiger partial charge in [0, 0.05) is 9.49 Å². The molecule has 0 aromatic heterocycles. The monoisotopic (exact) mass is 426 g/mol. The van der Waals surface area contributed by atoms with Crippen molar-refractivity contribution in [3.05, 3.63) is 56.3 Å². The van der Waals surface area contributed by atoms with Gasteiger partial charge in [-0.05, 0) is 71.0 Å². The summed E-state index contributed by atoms with van der Waals surface area (Å²) in [7, 11) is 0. The Bertz CT molecular complexity index is 862. The highest BCUT2D eigenvalue weighted by Gasteiger charge is 2.53. The van der Waals surface area contributed by atoms with Crippen molar-refractivity contribution in [2.45, 2.75) is 25.2 Å². The first-order chi connectivity index (χ1) is 11.6. The molecule has 0 radical (unpaired) electrons. The van der Waals surface area contributed by atoms with Gasteiger partial charge in [-0.1, -0.05) is 18.2 Å². The Labute approximate surface area is 155 Å². The van der Waals surface area contributed by atoms with Crippen molar-refractivity contribution in [3.8, 4) is 18.2 Å². The van der Waals surface area contributed by atoms with E-state index in [0.29, 0.717) is 5.57 Å². The molecule has 0 saturated carbocycles. The average Bonchev–Trinajstić information content (AvgIpc) is 2.61. The van der Waals surface area contributed by atoms with Crippen LogP contribution in [0.2, 0.25) is 0 Å². The third-order valence-electron chi connectivity index (χ3n) is 5.01. The van der Waals surface area contributed by atoms with Gasteiger partial charge in [-0.15, -0.1) is 0 Å². The fourth-order valence-electron chi connectivity index (χ4n) is 3.95. The van der Waals surface area contributed by atoms with Crippen LogP contribution in [-0.4, -0.2) is 0 Å². The van der Waals surface area contributed by atoms with Crippen molar-refractivity contribution < 1.29 is 0 Å². The quantitative estimate of drug-likeness (QED) is 0.689. The normalized spacial score (nSPS) is 24.8. The summed E-state index contributed by atoms with van der Waals surface area (Å²) in [6, 6.07) is 14.3. The summed E-state index contributed by atoms with van der Waals surface area (Å²) in [5.41, 5.74) is 6.99. The highest BCUT2D eigenvalue weighted by Crippen LogP contribution is 2.55. The first-order valence-corrected chi connectivity index (χ1v) is 8.85. The van der Waals surface area contributed by atoms with E-state index >= 15 is 0 Å². The SMILES string of the molecule is N#CC1=C(N)C(C#N)(C#N)[C@@H](c2cccc(I)c2)[C@@H]2CCCC=C12. The van der Waals surface area contributed by atoms with E-state index in [9.17, 15) is 15.8 Å². The molecule has 2 aliphatic rings. The molecule has 24 heavy (non-hydrogen) atoms. The summed E-state index contributed by atoms with van der Waals surface area (Å²) < 4.78 is 1.05. The van der Waals surface area contributed by atoms with Crippen LogP contribution in [0.4, 0.5) is 0 Å². The van der Waals surface area contributed by atoms with Gasteiger partial charge in [0.05, 0.1) is 23.4 Å². The number of nitrogens with zero attached hydrogens (tertiary/aromatic N) is 3. The second kappa shape index (κ2) is 6.30. The van der Waals surface area contributed by atoms with E-state index in [1.165, 1.54) is 0 Å². The Morgan fingerprint density at radius 3 is 2.58 bits per heavy atom. The minimum absolute atomic E-state index is 0.0294. The number of hydrogen-bond donors (Lipinski definition) is 1. The number of benzene rings is 1. The Morgan fingerprint density at radius 1 is 1.21 bits per heavy atom. The lowest BCUT2D eigenvalue weighted by Gasteiger charge is -2.43. The van der Waals surface area contributed by atoms with Gasteiger partial charge < -0.3 is 5.73 Å². The molecular weight excluding hydrogens is 411 g/mol. The maximum Gasteiger partial charge on any atom is 0.191 e. The maximum absolute atomic E-state index is 9.90. The van der Waals surface area contributed by atoms with Crippen LogP contribution in [0.15, 0.2) is 47.2 Å². The van der Waals surface area contributed by atoms with E-state index < -0.39 is 5.41 Å². The standard InChI is InChI=1S/C19H15IN4/c20-13-5-3-4-12(8-13)17-15-7-2-1-6-14(15)16(9-21)18(24)19(17,10-22)11-23/h3-6,8,15,17H,1-2,7,24H2/t15-,17+/m1/s1. The topological polar surface area (TPSA) is 97.4 Å². The van der Waals surface area contributed by atoms with Gasteiger partial charge in [0.1, 0.15) is 6.07 Å². The molecule has 2 N–H and O–H groups in total. The largest absolute Gasteiger partial charge is 0.399 e. The predicted molar refractivity (Wildman–Crippen MR) is 97.8 cm³/mol. The van der Waals surface area contributed by atoms with Gasteiger partial charge in [-0.3, -0.25) is 0 Å². The number of fused-ring (bicyclic) bond motifs is 1. The summed E-state index contributed by atoms with van der Waals surface area (Å²) in [4.78, 5) is 0. The molecule has 0 spiro atoms. The zero-order valence-corrected chi connectivity index (χ0v) is 15.1. The van der Waals surface area contributed by atoms with E-state index in [1.807, 2.05) is 24.3 Å². The van der Waals surface area contributed by atoms with Gasteiger partial charge in [0.25, 0.3) is 0 Å². The van der Waals surface area contributed by atoms with Crippen molar-refractivity contribution in [2.75, 3.05) is 0 Å². The molecule has 0 bridgehead atoms. The molecule has 1 aromatic carbocycles. The molecular formula is C19H15IN4. The number of nitriles is 3. The Balaban J connectivity index is 2.34. The van der Waals surface area contributed by atoms with Crippen LogP contribution >= 0.6 is 22.6 Å². The third-order valence-corrected chi connectivity index (χ3v) is 5.68. The molecule has 0 saturated heterocycles. The molecule has 118 valence electrons. The van der Waals surface area contributed by atoms with Crippen molar-refractivity contribution in [2.24, 2.45) is 17.1 Å². The van der Waals surface area contributed by atoms with Gasteiger partial charge in [0.15, 0.2) is 5.41 Å². The fourth-order valence-corrected chi connectivity index (χ4v) is 4.52. The lowest BCUT2D eigenvalue weighted by atomic mass is 9.57. The Hall–Kier alpha value is -2.30. The number of nitrogens with two attached hydrogens (primary N) is 1. The van der Waals surface area contributed by atoms with Crippen LogP contribution in [-0.2, 0) is 0 Å². The first-order valence-electron chi connectivity index (χ1n) is 7.77. The maximum atomic E-state index is 9.90. The van der Waals surface area contributed by atoms with Gasteiger partial charge in [-0.2, -0.15) is 15.8 Å². The molecule has 0 aliphatic heterocycles. The number of allylic oxidation sites excluding steroid dienone is 4. The van der Waals surface area contributed by atoms with E-state index in [0.717, 1.165) is 34.0 Å². The predicted octanol–water partition coefficient (Wildman–Crippen LogP) is 3.88. The molecule has 0 fully saturated rings. The number of hydrogen-bond acceptors (Lipinski definition) is 4. The summed E-state index contributed by atoms with van der Waals surface area (Å²) >= 11 is 2.23. The van der Waals surface area contributed by atoms with Crippen LogP contribution in [0, 0.1) is 48.9 Å². The van der Waals surface area contributed by atoms with Gasteiger partial charge >= 0.3 is 0 Å². The van der Waals surface area contributed by atoms with Crippen LogP contribution < -0.4 is 5.73 Å². The highest BCUT2D eigenvalue weighted by atomic mass is 127. The van der Waals surface area contributed by atoms with Crippen molar-refractivity contribution in [1.29, 1.82) is 15.8 Å². The number of halogens is 1. The molecule has 3 rings (SSSR count). The summed E-state index contributed by atoms with van der Waals surface area (Å²) in [5.74, 6) is -0.385. The van der Waals surface area contributed by atoms with Crippen molar-refractivity contribution in [3.63, 3.8) is 0 Å². The van der Waals surface area contributed by atoms with E-state index in [4.69, 9.17) is 5.73 Å². The molecule has 2 atom stereocenters.